The molecule has 0 aliphatic carbocycles. The van der Waals surface area contributed by atoms with Crippen molar-refractivity contribution in [1.82, 2.24) is 4.98 Å². The summed E-state index contributed by atoms with van der Waals surface area (Å²) >= 11 is 0. The molecule has 7 heteroatoms. The van der Waals surface area contributed by atoms with E-state index in [9.17, 15) is 9.18 Å². The van der Waals surface area contributed by atoms with Gasteiger partial charge in [0, 0.05) is 24.1 Å². The first-order chi connectivity index (χ1) is 12.0. The number of carbonyl (C=O) groups excluding carboxylic acids is 1. The van der Waals surface area contributed by atoms with Crippen LogP contribution < -0.4 is 11.1 Å². The number of aromatic nitrogens is 1. The Bertz CT molecular complexity index is 810. The molecule has 1 aromatic heterocycles. The van der Waals surface area contributed by atoms with Crippen LogP contribution in [0.5, 0.6) is 0 Å². The molecule has 1 aliphatic rings. The summed E-state index contributed by atoms with van der Waals surface area (Å²) in [6.45, 7) is 2.45. The molecule has 2 aromatic rings. The fourth-order valence-corrected chi connectivity index (χ4v) is 2.76. The van der Waals surface area contributed by atoms with Crippen molar-refractivity contribution < 1.29 is 13.9 Å². The quantitative estimate of drug-likeness (QED) is 0.897. The van der Waals surface area contributed by atoms with E-state index in [0.717, 1.165) is 0 Å². The zero-order valence-corrected chi connectivity index (χ0v) is 13.8. The van der Waals surface area contributed by atoms with Crippen LogP contribution in [-0.4, -0.2) is 29.9 Å². The Balaban J connectivity index is 1.90. The van der Waals surface area contributed by atoms with Crippen LogP contribution in [0.4, 0.5) is 10.1 Å². The van der Waals surface area contributed by atoms with Gasteiger partial charge in [0.25, 0.3) is 5.91 Å². The van der Waals surface area contributed by atoms with Crippen molar-refractivity contribution in [2.75, 3.05) is 18.5 Å². The Kier molecular flexibility index (Phi) is 4.76. The molecule has 0 fully saturated rings. The lowest BCUT2D eigenvalue weighted by molar-refractivity contribution is 0.102. The third kappa shape index (κ3) is 3.83. The van der Waals surface area contributed by atoms with Gasteiger partial charge < -0.3 is 15.8 Å². The maximum atomic E-state index is 14.4. The van der Waals surface area contributed by atoms with Crippen molar-refractivity contribution in [2.45, 2.75) is 18.9 Å². The molecular formula is C18H19FN4O2. The van der Waals surface area contributed by atoms with Crippen LogP contribution in [-0.2, 0) is 10.3 Å². The summed E-state index contributed by atoms with van der Waals surface area (Å²) in [5, 5.41) is 2.73. The van der Waals surface area contributed by atoms with Crippen molar-refractivity contribution in [1.29, 1.82) is 0 Å². The first kappa shape index (κ1) is 17.0. The zero-order chi connectivity index (χ0) is 17.9. The molecule has 0 bridgehead atoms. The zero-order valence-electron chi connectivity index (χ0n) is 13.8. The van der Waals surface area contributed by atoms with E-state index in [1.165, 1.54) is 18.3 Å². The molecule has 1 aliphatic heterocycles. The number of hydrogen-bond donors (Lipinski definition) is 2. The molecule has 1 atom stereocenters. The molecule has 2 heterocycles. The van der Waals surface area contributed by atoms with Crippen LogP contribution in [0.25, 0.3) is 0 Å². The van der Waals surface area contributed by atoms with Gasteiger partial charge in [0.05, 0.1) is 5.54 Å². The maximum absolute atomic E-state index is 14.4. The second-order valence-corrected chi connectivity index (χ2v) is 6.04. The number of carbonyl (C=O) groups is 1. The summed E-state index contributed by atoms with van der Waals surface area (Å²) in [5.41, 5.74) is 6.07. The van der Waals surface area contributed by atoms with Gasteiger partial charge >= 0.3 is 0 Å². The molecule has 6 nitrogen and oxygen atoms in total. The summed E-state index contributed by atoms with van der Waals surface area (Å²) in [4.78, 5) is 20.7. The second-order valence-electron chi connectivity index (χ2n) is 6.04. The van der Waals surface area contributed by atoms with Crippen molar-refractivity contribution in [2.24, 2.45) is 10.7 Å². The first-order valence-corrected chi connectivity index (χ1v) is 7.92. The Labute approximate surface area is 144 Å². The highest BCUT2D eigenvalue weighted by Crippen LogP contribution is 2.34. The third-order valence-electron chi connectivity index (χ3n) is 4.08. The number of anilines is 1. The lowest BCUT2D eigenvalue weighted by atomic mass is 9.88. The van der Waals surface area contributed by atoms with Crippen molar-refractivity contribution >= 4 is 17.4 Å². The number of ether oxygens (including phenoxy) is 1. The van der Waals surface area contributed by atoms with Gasteiger partial charge in [-0.05, 0) is 43.7 Å². The largest absolute Gasteiger partial charge is 0.386 e. The van der Waals surface area contributed by atoms with E-state index >= 15 is 0 Å². The maximum Gasteiger partial charge on any atom is 0.274 e. The van der Waals surface area contributed by atoms with E-state index in [2.05, 4.69) is 15.3 Å². The number of hydrogen-bond acceptors (Lipinski definition) is 5. The second kappa shape index (κ2) is 6.98. The van der Waals surface area contributed by atoms with Gasteiger partial charge in [-0.2, -0.15) is 0 Å². The van der Waals surface area contributed by atoms with Crippen LogP contribution in [0.15, 0.2) is 47.6 Å². The van der Waals surface area contributed by atoms with E-state index < -0.39 is 11.4 Å². The average Bonchev–Trinajstić information content (AvgIpc) is 2.78. The van der Waals surface area contributed by atoms with Gasteiger partial charge in [0.1, 0.15) is 24.0 Å². The van der Waals surface area contributed by atoms with Gasteiger partial charge in [-0.25, -0.2) is 4.39 Å². The molecule has 0 saturated carbocycles. The van der Waals surface area contributed by atoms with Crippen molar-refractivity contribution in [3.63, 3.8) is 0 Å². The molecular weight excluding hydrogens is 323 g/mol. The first-order valence-electron chi connectivity index (χ1n) is 7.92. The SMILES string of the molecule is C[C@@]1(c2cc(NC(=O)c3ccccn3)ccc2F)CCOCC(N)=N1. The minimum Gasteiger partial charge on any atom is -0.386 e. The third-order valence-corrected chi connectivity index (χ3v) is 4.08. The number of benzene rings is 1. The molecule has 0 radical (unpaired) electrons. The summed E-state index contributed by atoms with van der Waals surface area (Å²) in [6, 6.07) is 9.45. The number of aliphatic imine (C=N–C) groups is 1. The van der Waals surface area contributed by atoms with Crippen LogP contribution in [0, 0.1) is 5.82 Å². The lowest BCUT2D eigenvalue weighted by Gasteiger charge is -2.25. The topological polar surface area (TPSA) is 89.6 Å². The summed E-state index contributed by atoms with van der Waals surface area (Å²) in [5.74, 6) is -0.449. The Morgan fingerprint density at radius 3 is 2.96 bits per heavy atom. The average molecular weight is 342 g/mol. The van der Waals surface area contributed by atoms with Gasteiger partial charge in [-0.3, -0.25) is 14.8 Å². The van der Waals surface area contributed by atoms with Crippen molar-refractivity contribution in [3.05, 3.63) is 59.7 Å². The number of rotatable bonds is 3. The fraction of sp³-hybridized carbons (Fsp3) is 0.278. The number of pyridine rings is 1. The number of amidine groups is 1. The molecule has 25 heavy (non-hydrogen) atoms. The lowest BCUT2D eigenvalue weighted by Crippen LogP contribution is -2.26. The Hall–Kier alpha value is -2.80. The van der Waals surface area contributed by atoms with Crippen LogP contribution >= 0.6 is 0 Å². The van der Waals surface area contributed by atoms with Gasteiger partial charge in [0.15, 0.2) is 0 Å². The van der Waals surface area contributed by atoms with E-state index in [4.69, 9.17) is 10.5 Å². The highest BCUT2D eigenvalue weighted by atomic mass is 19.1. The molecule has 3 N–H and O–H groups in total. The smallest absolute Gasteiger partial charge is 0.274 e. The molecule has 0 unspecified atom stereocenters. The van der Waals surface area contributed by atoms with E-state index in [0.29, 0.717) is 30.1 Å². The number of nitrogens with two attached hydrogens (primary N) is 1. The summed E-state index contributed by atoms with van der Waals surface area (Å²) in [6.07, 6.45) is 2.03. The predicted molar refractivity (Wildman–Crippen MR) is 93.0 cm³/mol. The number of amides is 1. The standard InChI is InChI=1S/C18H19FN4O2/c1-18(7-9-25-11-16(20)23-18)13-10-12(5-6-14(13)19)22-17(24)15-4-2-3-8-21-15/h2-6,8,10H,7,9,11H2,1H3,(H2,20,23)(H,22,24)/t18-/m0/s1. The molecule has 1 aromatic carbocycles. The van der Waals surface area contributed by atoms with E-state index in [1.807, 2.05) is 0 Å². The summed E-state index contributed by atoms with van der Waals surface area (Å²) < 4.78 is 19.8. The summed E-state index contributed by atoms with van der Waals surface area (Å²) in [7, 11) is 0. The van der Waals surface area contributed by atoms with Gasteiger partial charge in [-0.1, -0.05) is 6.07 Å². The predicted octanol–water partition coefficient (Wildman–Crippen LogP) is 2.47. The van der Waals surface area contributed by atoms with Crippen LogP contribution in [0.2, 0.25) is 0 Å². The van der Waals surface area contributed by atoms with E-state index in [1.54, 1.807) is 31.2 Å². The van der Waals surface area contributed by atoms with Crippen LogP contribution in [0.3, 0.4) is 0 Å². The highest BCUT2D eigenvalue weighted by Gasteiger charge is 2.31. The normalized spacial score (nSPS) is 20.5. The number of nitrogens with one attached hydrogen (secondary N) is 1. The molecule has 1 amide bonds. The minimum absolute atomic E-state index is 0.229. The highest BCUT2D eigenvalue weighted by molar-refractivity contribution is 6.02. The van der Waals surface area contributed by atoms with E-state index in [-0.39, 0.29) is 18.2 Å². The molecule has 3 rings (SSSR count). The van der Waals surface area contributed by atoms with Gasteiger partial charge in [-0.15, -0.1) is 0 Å². The Morgan fingerprint density at radius 1 is 1.36 bits per heavy atom. The molecule has 130 valence electrons. The molecule has 0 spiro atoms. The minimum atomic E-state index is -0.851. The van der Waals surface area contributed by atoms with Gasteiger partial charge in [0.2, 0.25) is 0 Å². The monoisotopic (exact) mass is 342 g/mol. The fourth-order valence-electron chi connectivity index (χ4n) is 2.76. The van der Waals surface area contributed by atoms with Crippen LogP contribution in [0.1, 0.15) is 29.4 Å². The number of nitrogens with zero attached hydrogens (tertiary/aromatic N) is 2. The number of halogens is 1. The van der Waals surface area contributed by atoms with Crippen molar-refractivity contribution in [3.8, 4) is 0 Å². The Morgan fingerprint density at radius 2 is 2.20 bits per heavy atom. The molecule has 0 saturated heterocycles.